The van der Waals surface area contributed by atoms with Gasteiger partial charge in [-0.05, 0) is 18.1 Å². The van der Waals surface area contributed by atoms with Crippen LogP contribution in [0.2, 0.25) is 0 Å². The largest absolute Gasteiger partial charge is 0.380 e. The van der Waals surface area contributed by atoms with E-state index in [0.29, 0.717) is 11.8 Å². The first kappa shape index (κ1) is 8.70. The van der Waals surface area contributed by atoms with Gasteiger partial charge in [-0.1, -0.05) is 19.9 Å². The zero-order valence-corrected chi connectivity index (χ0v) is 8.16. The van der Waals surface area contributed by atoms with Crippen LogP contribution >= 0.6 is 0 Å². The molecule has 1 aromatic rings. The van der Waals surface area contributed by atoms with E-state index in [1.807, 2.05) is 0 Å². The van der Waals surface area contributed by atoms with Crippen molar-refractivity contribution in [2.24, 2.45) is 0 Å². The summed E-state index contributed by atoms with van der Waals surface area (Å²) in [5, 5.41) is 0. The maximum absolute atomic E-state index is 5.15. The molecule has 70 valence electrons. The fourth-order valence-electron chi connectivity index (χ4n) is 1.42. The van der Waals surface area contributed by atoms with Gasteiger partial charge in [0, 0.05) is 17.3 Å². The van der Waals surface area contributed by atoms with Gasteiger partial charge in [0.05, 0.1) is 13.2 Å². The third-order valence-electron chi connectivity index (χ3n) is 2.44. The molecule has 2 rings (SSSR count). The highest BCUT2D eigenvalue weighted by Gasteiger charge is 2.21. The highest BCUT2D eigenvalue weighted by Crippen LogP contribution is 2.23. The SMILES string of the molecule is CC(C)c1cccc(C2COC2)n1. The maximum Gasteiger partial charge on any atom is 0.0572 e. The van der Waals surface area contributed by atoms with Gasteiger partial charge in [0.1, 0.15) is 0 Å². The summed E-state index contributed by atoms with van der Waals surface area (Å²) in [6, 6.07) is 6.28. The Labute approximate surface area is 78.9 Å². The number of hydrogen-bond acceptors (Lipinski definition) is 2. The second-order valence-electron chi connectivity index (χ2n) is 3.88. The zero-order valence-electron chi connectivity index (χ0n) is 8.16. The van der Waals surface area contributed by atoms with Crippen LogP contribution in [0.4, 0.5) is 0 Å². The van der Waals surface area contributed by atoms with Crippen LogP contribution in [-0.4, -0.2) is 18.2 Å². The summed E-state index contributed by atoms with van der Waals surface area (Å²) in [4.78, 5) is 4.61. The molecule has 0 N–H and O–H groups in total. The maximum atomic E-state index is 5.15. The predicted molar refractivity (Wildman–Crippen MR) is 51.9 cm³/mol. The van der Waals surface area contributed by atoms with Gasteiger partial charge < -0.3 is 4.74 Å². The lowest BCUT2D eigenvalue weighted by atomic mass is 10.0. The van der Waals surface area contributed by atoms with E-state index in [2.05, 4.69) is 37.0 Å². The number of pyridine rings is 1. The van der Waals surface area contributed by atoms with Crippen molar-refractivity contribution in [1.29, 1.82) is 0 Å². The monoisotopic (exact) mass is 177 g/mol. The molecule has 1 fully saturated rings. The second-order valence-corrected chi connectivity index (χ2v) is 3.88. The number of hydrogen-bond donors (Lipinski definition) is 0. The van der Waals surface area contributed by atoms with Crippen LogP contribution in [0.25, 0.3) is 0 Å². The molecule has 1 aliphatic rings. The highest BCUT2D eigenvalue weighted by atomic mass is 16.5. The fraction of sp³-hybridized carbons (Fsp3) is 0.545. The minimum Gasteiger partial charge on any atom is -0.380 e. The van der Waals surface area contributed by atoms with Crippen LogP contribution in [0.15, 0.2) is 18.2 Å². The van der Waals surface area contributed by atoms with Gasteiger partial charge in [-0.2, -0.15) is 0 Å². The van der Waals surface area contributed by atoms with Gasteiger partial charge >= 0.3 is 0 Å². The Morgan fingerprint density at radius 2 is 2.15 bits per heavy atom. The van der Waals surface area contributed by atoms with E-state index in [0.717, 1.165) is 13.2 Å². The van der Waals surface area contributed by atoms with Crippen molar-refractivity contribution in [3.63, 3.8) is 0 Å². The Balaban J connectivity index is 2.21. The first-order chi connectivity index (χ1) is 6.27. The minimum absolute atomic E-state index is 0.515. The van der Waals surface area contributed by atoms with E-state index in [9.17, 15) is 0 Å². The van der Waals surface area contributed by atoms with Crippen LogP contribution in [0.5, 0.6) is 0 Å². The van der Waals surface area contributed by atoms with Crippen molar-refractivity contribution < 1.29 is 4.74 Å². The third-order valence-corrected chi connectivity index (χ3v) is 2.44. The topological polar surface area (TPSA) is 22.1 Å². The predicted octanol–water partition coefficient (Wildman–Crippen LogP) is 2.32. The molecular formula is C11H15NO. The Kier molecular flexibility index (Phi) is 2.32. The molecule has 0 radical (unpaired) electrons. The molecule has 0 atom stereocenters. The normalized spacial score (nSPS) is 17.5. The standard InChI is InChI=1S/C11H15NO/c1-8(2)10-4-3-5-11(12-10)9-6-13-7-9/h3-5,8-9H,6-7H2,1-2H3. The summed E-state index contributed by atoms with van der Waals surface area (Å²) in [5.41, 5.74) is 2.38. The molecule has 0 aliphatic carbocycles. The molecule has 0 bridgehead atoms. The van der Waals surface area contributed by atoms with E-state index in [1.54, 1.807) is 0 Å². The Morgan fingerprint density at radius 1 is 1.38 bits per heavy atom. The molecule has 1 aromatic heterocycles. The third kappa shape index (κ3) is 1.73. The van der Waals surface area contributed by atoms with Crippen molar-refractivity contribution in [2.45, 2.75) is 25.7 Å². The van der Waals surface area contributed by atoms with Crippen molar-refractivity contribution in [3.8, 4) is 0 Å². The first-order valence-corrected chi connectivity index (χ1v) is 4.82. The Bertz CT molecular complexity index is 292. The van der Waals surface area contributed by atoms with Gasteiger partial charge in [-0.15, -0.1) is 0 Å². The number of ether oxygens (including phenoxy) is 1. The first-order valence-electron chi connectivity index (χ1n) is 4.82. The molecule has 1 saturated heterocycles. The molecule has 0 saturated carbocycles. The van der Waals surface area contributed by atoms with Crippen molar-refractivity contribution in [1.82, 2.24) is 4.98 Å². The van der Waals surface area contributed by atoms with Crippen LogP contribution < -0.4 is 0 Å². The Morgan fingerprint density at radius 3 is 2.69 bits per heavy atom. The van der Waals surface area contributed by atoms with E-state index >= 15 is 0 Å². The lowest BCUT2D eigenvalue weighted by Crippen LogP contribution is -2.26. The van der Waals surface area contributed by atoms with Gasteiger partial charge in [-0.25, -0.2) is 0 Å². The van der Waals surface area contributed by atoms with Gasteiger partial charge in [0.15, 0.2) is 0 Å². The van der Waals surface area contributed by atoms with Crippen molar-refractivity contribution >= 4 is 0 Å². The summed E-state index contributed by atoms with van der Waals surface area (Å²) in [6.07, 6.45) is 0. The summed E-state index contributed by atoms with van der Waals surface area (Å²) in [5.74, 6) is 1.06. The molecule has 0 spiro atoms. The van der Waals surface area contributed by atoms with Crippen LogP contribution in [0.3, 0.4) is 0 Å². The minimum atomic E-state index is 0.515. The second kappa shape index (κ2) is 3.46. The van der Waals surface area contributed by atoms with Crippen LogP contribution in [0, 0.1) is 0 Å². The number of nitrogens with zero attached hydrogens (tertiary/aromatic N) is 1. The lowest BCUT2D eigenvalue weighted by molar-refractivity contribution is 0.00663. The molecule has 2 heterocycles. The van der Waals surface area contributed by atoms with Gasteiger partial charge in [0.2, 0.25) is 0 Å². The summed E-state index contributed by atoms with van der Waals surface area (Å²) in [6.45, 7) is 6.02. The number of rotatable bonds is 2. The Hall–Kier alpha value is -0.890. The average molecular weight is 177 g/mol. The highest BCUT2D eigenvalue weighted by molar-refractivity contribution is 5.18. The summed E-state index contributed by atoms with van der Waals surface area (Å²) >= 11 is 0. The van der Waals surface area contributed by atoms with Gasteiger partial charge in [0.25, 0.3) is 0 Å². The smallest absolute Gasteiger partial charge is 0.0572 e. The van der Waals surface area contributed by atoms with Crippen molar-refractivity contribution in [2.75, 3.05) is 13.2 Å². The summed E-state index contributed by atoms with van der Waals surface area (Å²) in [7, 11) is 0. The molecule has 2 heteroatoms. The molecule has 2 nitrogen and oxygen atoms in total. The molecule has 0 amide bonds. The van der Waals surface area contributed by atoms with Gasteiger partial charge in [-0.3, -0.25) is 4.98 Å². The molecular weight excluding hydrogens is 162 g/mol. The van der Waals surface area contributed by atoms with Crippen LogP contribution in [0.1, 0.15) is 37.1 Å². The molecule has 0 aromatic carbocycles. The molecule has 0 unspecified atom stereocenters. The van der Waals surface area contributed by atoms with E-state index in [1.165, 1.54) is 11.4 Å². The zero-order chi connectivity index (χ0) is 9.26. The molecule has 13 heavy (non-hydrogen) atoms. The van der Waals surface area contributed by atoms with Crippen LogP contribution in [-0.2, 0) is 4.74 Å². The number of aromatic nitrogens is 1. The molecule has 1 aliphatic heterocycles. The van der Waals surface area contributed by atoms with E-state index < -0.39 is 0 Å². The van der Waals surface area contributed by atoms with E-state index in [-0.39, 0.29) is 0 Å². The lowest BCUT2D eigenvalue weighted by Gasteiger charge is -2.25. The fourth-order valence-corrected chi connectivity index (χ4v) is 1.42. The summed E-state index contributed by atoms with van der Waals surface area (Å²) < 4.78 is 5.15. The van der Waals surface area contributed by atoms with Crippen molar-refractivity contribution in [3.05, 3.63) is 29.6 Å². The van der Waals surface area contributed by atoms with E-state index in [4.69, 9.17) is 4.74 Å². The average Bonchev–Trinajstić information content (AvgIpc) is 2.01. The quantitative estimate of drug-likeness (QED) is 0.691.